The number of carbonyl (C=O) groups is 2. The van der Waals surface area contributed by atoms with Gasteiger partial charge in [0.05, 0.1) is 0 Å². The number of piperidine rings is 1. The van der Waals surface area contributed by atoms with Crippen molar-refractivity contribution in [2.45, 2.75) is 24.9 Å². The number of nitrogens with two attached hydrogens (primary N) is 1. The zero-order valence-electron chi connectivity index (χ0n) is 6.43. The van der Waals surface area contributed by atoms with Crippen molar-refractivity contribution in [2.75, 3.05) is 0 Å². The molecule has 1 saturated heterocycles. The summed E-state index contributed by atoms with van der Waals surface area (Å²) in [7, 11) is 0. The van der Waals surface area contributed by atoms with Crippen molar-refractivity contribution in [3.05, 3.63) is 0 Å². The van der Waals surface area contributed by atoms with E-state index in [4.69, 9.17) is 10.8 Å². The summed E-state index contributed by atoms with van der Waals surface area (Å²) >= 11 is 0. The van der Waals surface area contributed by atoms with Crippen molar-refractivity contribution in [1.82, 2.24) is 4.90 Å². The zero-order chi connectivity index (χ0) is 8.88. The highest BCUT2D eigenvalue weighted by atomic mass is 16.4. The van der Waals surface area contributed by atoms with Crippen LogP contribution in [0.1, 0.15) is 12.8 Å². The molecular weight excluding hydrogens is 160 g/mol. The van der Waals surface area contributed by atoms with Gasteiger partial charge in [-0.3, -0.25) is 9.69 Å². The maximum Gasteiger partial charge on any atom is 0.408 e. The van der Waals surface area contributed by atoms with Crippen molar-refractivity contribution >= 4 is 12.0 Å². The van der Waals surface area contributed by atoms with Gasteiger partial charge in [-0.15, -0.1) is 0 Å². The maximum atomic E-state index is 10.8. The lowest BCUT2D eigenvalue weighted by molar-refractivity contribution is -0.122. The number of rotatable bonds is 1. The van der Waals surface area contributed by atoms with Crippen molar-refractivity contribution < 1.29 is 14.7 Å². The summed E-state index contributed by atoms with van der Waals surface area (Å²) in [6.07, 6.45) is 0.492. The van der Waals surface area contributed by atoms with Crippen LogP contribution in [0.5, 0.6) is 0 Å². The van der Waals surface area contributed by atoms with Gasteiger partial charge in [-0.1, -0.05) is 0 Å². The highest BCUT2D eigenvalue weighted by Crippen LogP contribution is 2.47. The van der Waals surface area contributed by atoms with Gasteiger partial charge in [0, 0.05) is 6.04 Å². The van der Waals surface area contributed by atoms with E-state index >= 15 is 0 Å². The molecule has 0 aromatic carbocycles. The first-order chi connectivity index (χ1) is 5.61. The average Bonchev–Trinajstić information content (AvgIpc) is 2.60. The second-order valence-corrected chi connectivity index (χ2v) is 3.41. The van der Waals surface area contributed by atoms with Crippen molar-refractivity contribution in [2.24, 2.45) is 11.7 Å². The minimum absolute atomic E-state index is 0.0694. The molecule has 2 rings (SSSR count). The Hall–Kier alpha value is -1.26. The summed E-state index contributed by atoms with van der Waals surface area (Å²) < 4.78 is 0. The normalized spacial score (nSPS) is 37.7. The first-order valence-electron chi connectivity index (χ1n) is 3.92. The molecule has 0 bridgehead atoms. The van der Waals surface area contributed by atoms with Crippen LogP contribution in [-0.4, -0.2) is 34.1 Å². The number of hydrogen-bond donors (Lipinski definition) is 2. The number of nitrogens with zero attached hydrogens (tertiary/aromatic N) is 1. The summed E-state index contributed by atoms with van der Waals surface area (Å²) in [6.45, 7) is 0. The summed E-state index contributed by atoms with van der Waals surface area (Å²) in [6, 6.07) is -0.508. The molecule has 3 N–H and O–H groups in total. The van der Waals surface area contributed by atoms with Gasteiger partial charge in [0.15, 0.2) is 0 Å². The van der Waals surface area contributed by atoms with Crippen LogP contribution in [0.15, 0.2) is 0 Å². The zero-order valence-corrected chi connectivity index (χ0v) is 6.43. The highest BCUT2D eigenvalue weighted by molar-refractivity contribution is 5.85. The van der Waals surface area contributed by atoms with Crippen molar-refractivity contribution in [3.8, 4) is 0 Å². The van der Waals surface area contributed by atoms with Gasteiger partial charge in [-0.2, -0.15) is 0 Å². The van der Waals surface area contributed by atoms with E-state index in [1.54, 1.807) is 0 Å². The van der Waals surface area contributed by atoms with E-state index in [-0.39, 0.29) is 6.04 Å². The first-order valence-corrected chi connectivity index (χ1v) is 3.92. The fraction of sp³-hybridized carbons (Fsp3) is 0.714. The number of amides is 2. The summed E-state index contributed by atoms with van der Waals surface area (Å²) in [5, 5.41) is 8.75. The van der Waals surface area contributed by atoms with Gasteiger partial charge in [0.2, 0.25) is 5.91 Å². The molecule has 1 aliphatic heterocycles. The predicted octanol–water partition coefficient (Wildman–Crippen LogP) is -0.388. The molecule has 0 radical (unpaired) electrons. The standard InChI is InChI=1S/C7H10N2O3/c8-6(10)5-2-3-1-4(3)9(5)7(11)12/h3-5H,1-2H2,(H2,8,10)(H,11,12). The Morgan fingerprint density at radius 1 is 1.42 bits per heavy atom. The van der Waals surface area contributed by atoms with Crippen LogP contribution < -0.4 is 5.73 Å². The number of likely N-dealkylation sites (tertiary alicyclic amines) is 1. The smallest absolute Gasteiger partial charge is 0.408 e. The van der Waals surface area contributed by atoms with Gasteiger partial charge in [0.25, 0.3) is 0 Å². The molecule has 0 spiro atoms. The molecule has 1 aliphatic carbocycles. The van der Waals surface area contributed by atoms with E-state index in [2.05, 4.69) is 0 Å². The summed E-state index contributed by atoms with van der Waals surface area (Å²) in [5.41, 5.74) is 5.06. The van der Waals surface area contributed by atoms with Crippen LogP contribution >= 0.6 is 0 Å². The molecule has 2 fully saturated rings. The van der Waals surface area contributed by atoms with E-state index in [1.165, 1.54) is 4.90 Å². The third kappa shape index (κ3) is 0.855. The Kier molecular flexibility index (Phi) is 1.31. The lowest BCUT2D eigenvalue weighted by Crippen LogP contribution is -2.45. The van der Waals surface area contributed by atoms with Gasteiger partial charge in [-0.05, 0) is 18.8 Å². The molecule has 66 valence electrons. The fourth-order valence-electron chi connectivity index (χ4n) is 1.99. The molecule has 1 saturated carbocycles. The number of primary amides is 1. The molecule has 5 heteroatoms. The second-order valence-electron chi connectivity index (χ2n) is 3.41. The molecule has 0 aromatic heterocycles. The number of carbonyl (C=O) groups excluding carboxylic acids is 1. The molecule has 2 amide bonds. The lowest BCUT2D eigenvalue weighted by Gasteiger charge is -2.21. The SMILES string of the molecule is NC(=O)C1CC2CC2N1C(=O)O. The minimum atomic E-state index is -1.02. The third-order valence-electron chi connectivity index (χ3n) is 2.65. The molecule has 5 nitrogen and oxygen atoms in total. The molecular formula is C7H10N2O3. The van der Waals surface area contributed by atoms with Crippen LogP contribution in [0, 0.1) is 5.92 Å². The largest absolute Gasteiger partial charge is 0.465 e. The first kappa shape index (κ1) is 7.39. The van der Waals surface area contributed by atoms with E-state index in [0.717, 1.165) is 6.42 Å². The molecule has 2 aliphatic rings. The molecule has 1 heterocycles. The van der Waals surface area contributed by atoms with Gasteiger partial charge in [0.1, 0.15) is 6.04 Å². The van der Waals surface area contributed by atoms with Crippen LogP contribution in [0.25, 0.3) is 0 Å². The van der Waals surface area contributed by atoms with Gasteiger partial charge < -0.3 is 10.8 Å². The van der Waals surface area contributed by atoms with Crippen LogP contribution in [0.2, 0.25) is 0 Å². The maximum absolute atomic E-state index is 10.8. The fourth-order valence-corrected chi connectivity index (χ4v) is 1.99. The van der Waals surface area contributed by atoms with Gasteiger partial charge >= 0.3 is 6.09 Å². The molecule has 3 unspecified atom stereocenters. The summed E-state index contributed by atoms with van der Waals surface area (Å²) in [5.74, 6) is -0.136. The van der Waals surface area contributed by atoms with E-state index < -0.39 is 18.0 Å². The topological polar surface area (TPSA) is 83.6 Å². The van der Waals surface area contributed by atoms with Crippen LogP contribution in [0.4, 0.5) is 4.79 Å². The monoisotopic (exact) mass is 170 g/mol. The molecule has 3 atom stereocenters. The Morgan fingerprint density at radius 3 is 2.50 bits per heavy atom. The van der Waals surface area contributed by atoms with E-state index in [9.17, 15) is 9.59 Å². The number of carboxylic acid groups (broad SMARTS) is 1. The Balaban J connectivity index is 2.16. The van der Waals surface area contributed by atoms with E-state index in [0.29, 0.717) is 12.3 Å². The summed E-state index contributed by atoms with van der Waals surface area (Å²) in [4.78, 5) is 22.7. The second kappa shape index (κ2) is 2.12. The molecule has 0 aromatic rings. The third-order valence-corrected chi connectivity index (χ3v) is 2.65. The Morgan fingerprint density at radius 2 is 2.08 bits per heavy atom. The minimum Gasteiger partial charge on any atom is -0.465 e. The average molecular weight is 170 g/mol. The predicted molar refractivity (Wildman–Crippen MR) is 39.4 cm³/mol. The van der Waals surface area contributed by atoms with Gasteiger partial charge in [-0.25, -0.2) is 4.79 Å². The Bertz CT molecular complexity index is 253. The highest BCUT2D eigenvalue weighted by Gasteiger charge is 2.55. The number of fused-ring (bicyclic) bond motifs is 1. The number of hydrogen-bond acceptors (Lipinski definition) is 2. The van der Waals surface area contributed by atoms with E-state index in [1.807, 2.05) is 0 Å². The van der Waals surface area contributed by atoms with Crippen molar-refractivity contribution in [1.29, 1.82) is 0 Å². The van der Waals surface area contributed by atoms with Crippen LogP contribution in [0.3, 0.4) is 0 Å². The molecule has 12 heavy (non-hydrogen) atoms. The van der Waals surface area contributed by atoms with Crippen molar-refractivity contribution in [3.63, 3.8) is 0 Å². The Labute approximate surface area is 69.1 Å². The lowest BCUT2D eigenvalue weighted by atomic mass is 10.1. The van der Waals surface area contributed by atoms with Crippen LogP contribution in [-0.2, 0) is 4.79 Å². The quantitative estimate of drug-likeness (QED) is 0.562.